The molecule has 0 saturated carbocycles. The Bertz CT molecular complexity index is 483. The third-order valence-corrected chi connectivity index (χ3v) is 5.30. The van der Waals surface area contributed by atoms with Crippen LogP contribution in [0, 0.1) is 0 Å². The second-order valence-electron chi connectivity index (χ2n) is 4.92. The summed E-state index contributed by atoms with van der Waals surface area (Å²) in [5.41, 5.74) is 0. The fourth-order valence-corrected chi connectivity index (χ4v) is 3.29. The predicted molar refractivity (Wildman–Crippen MR) is 74.9 cm³/mol. The molecule has 0 bridgehead atoms. The van der Waals surface area contributed by atoms with E-state index in [1.165, 1.54) is 16.7 Å². The number of aromatic amines is 1. The number of nitrogens with zero attached hydrogens (tertiary/aromatic N) is 3. The summed E-state index contributed by atoms with van der Waals surface area (Å²) in [5, 5.41) is 6.21. The number of morpholine rings is 1. The zero-order valence-electron chi connectivity index (χ0n) is 11.8. The van der Waals surface area contributed by atoms with Crippen LogP contribution in [-0.2, 0) is 14.8 Å². The molecule has 1 fully saturated rings. The van der Waals surface area contributed by atoms with Crippen molar-refractivity contribution < 1.29 is 13.2 Å². The molecule has 0 amide bonds. The van der Waals surface area contributed by atoms with Crippen molar-refractivity contribution in [2.75, 3.05) is 46.4 Å². The molecule has 1 saturated heterocycles. The molecule has 20 heavy (non-hydrogen) atoms. The normalized spacial score (nSPS) is 17.7. The summed E-state index contributed by atoms with van der Waals surface area (Å²) in [7, 11) is -1.79. The Kier molecular flexibility index (Phi) is 5.53. The first-order valence-corrected chi connectivity index (χ1v) is 8.30. The largest absolute Gasteiger partial charge is 0.379 e. The summed E-state index contributed by atoms with van der Waals surface area (Å²) >= 11 is 0. The Hall–Kier alpha value is -0.960. The van der Waals surface area contributed by atoms with Gasteiger partial charge in [-0.15, -0.1) is 0 Å². The third-order valence-electron chi connectivity index (χ3n) is 3.48. The first-order valence-electron chi connectivity index (χ1n) is 6.86. The molecule has 2 heterocycles. The van der Waals surface area contributed by atoms with E-state index < -0.39 is 10.0 Å². The van der Waals surface area contributed by atoms with Crippen molar-refractivity contribution in [2.24, 2.45) is 0 Å². The summed E-state index contributed by atoms with van der Waals surface area (Å²) in [5.74, 6) is 0. The van der Waals surface area contributed by atoms with Crippen molar-refractivity contribution in [3.63, 3.8) is 0 Å². The van der Waals surface area contributed by atoms with Crippen LogP contribution in [-0.4, -0.2) is 74.3 Å². The van der Waals surface area contributed by atoms with Crippen molar-refractivity contribution in [1.82, 2.24) is 19.4 Å². The molecular weight excluding hydrogens is 280 g/mol. The van der Waals surface area contributed by atoms with E-state index in [2.05, 4.69) is 15.1 Å². The summed E-state index contributed by atoms with van der Waals surface area (Å²) < 4.78 is 30.9. The molecule has 0 spiro atoms. The van der Waals surface area contributed by atoms with E-state index in [0.717, 1.165) is 45.7 Å². The second-order valence-corrected chi connectivity index (χ2v) is 6.97. The average Bonchev–Trinajstić information content (AvgIpc) is 2.99. The van der Waals surface area contributed by atoms with Crippen LogP contribution in [0.4, 0.5) is 0 Å². The quantitative estimate of drug-likeness (QED) is 0.725. The maximum absolute atomic E-state index is 12.1. The highest BCUT2D eigenvalue weighted by Gasteiger charge is 2.21. The average molecular weight is 302 g/mol. The minimum atomic E-state index is -3.39. The van der Waals surface area contributed by atoms with Crippen LogP contribution in [0.5, 0.6) is 0 Å². The Labute approximate surface area is 120 Å². The van der Waals surface area contributed by atoms with Crippen LogP contribution in [0.1, 0.15) is 12.8 Å². The highest BCUT2D eigenvalue weighted by Crippen LogP contribution is 2.12. The van der Waals surface area contributed by atoms with Gasteiger partial charge in [0.05, 0.1) is 19.4 Å². The van der Waals surface area contributed by atoms with E-state index in [9.17, 15) is 8.42 Å². The standard InChI is InChI=1S/C12H22N4O3S/c1-15(20(17,18)12-10-13-14-11-12)4-2-3-5-16-6-8-19-9-7-16/h10-11H,2-9H2,1H3,(H,13,14). The van der Waals surface area contributed by atoms with Crippen molar-refractivity contribution in [3.05, 3.63) is 12.4 Å². The summed E-state index contributed by atoms with van der Waals surface area (Å²) in [6, 6.07) is 0. The molecule has 1 N–H and O–H groups in total. The number of sulfonamides is 1. The number of H-pyrrole nitrogens is 1. The van der Waals surface area contributed by atoms with Crippen LogP contribution in [0.15, 0.2) is 17.3 Å². The minimum absolute atomic E-state index is 0.216. The lowest BCUT2D eigenvalue weighted by atomic mass is 10.3. The van der Waals surface area contributed by atoms with Gasteiger partial charge in [0, 0.05) is 32.9 Å². The highest BCUT2D eigenvalue weighted by atomic mass is 32.2. The Morgan fingerprint density at radius 3 is 2.80 bits per heavy atom. The van der Waals surface area contributed by atoms with Gasteiger partial charge in [-0.1, -0.05) is 0 Å². The number of nitrogens with one attached hydrogen (secondary N) is 1. The van der Waals surface area contributed by atoms with Gasteiger partial charge in [-0.3, -0.25) is 10.00 Å². The number of aromatic nitrogens is 2. The summed E-state index contributed by atoms with van der Waals surface area (Å²) in [6.45, 7) is 5.08. The number of hydrogen-bond acceptors (Lipinski definition) is 5. The number of hydrogen-bond donors (Lipinski definition) is 1. The number of rotatable bonds is 7. The van der Waals surface area contributed by atoms with Gasteiger partial charge in [-0.05, 0) is 19.4 Å². The number of ether oxygens (including phenoxy) is 1. The molecule has 1 aliphatic rings. The number of unbranched alkanes of at least 4 members (excludes halogenated alkanes) is 1. The van der Waals surface area contributed by atoms with Gasteiger partial charge in [0.25, 0.3) is 0 Å². The van der Waals surface area contributed by atoms with Gasteiger partial charge in [-0.25, -0.2) is 12.7 Å². The first kappa shape index (κ1) is 15.4. The van der Waals surface area contributed by atoms with E-state index in [0.29, 0.717) is 6.54 Å². The highest BCUT2D eigenvalue weighted by molar-refractivity contribution is 7.89. The van der Waals surface area contributed by atoms with Crippen LogP contribution in [0.25, 0.3) is 0 Å². The first-order chi connectivity index (χ1) is 9.60. The predicted octanol–water partition coefficient (Wildman–Crippen LogP) is 0.143. The van der Waals surface area contributed by atoms with Crippen molar-refractivity contribution >= 4 is 10.0 Å². The third kappa shape index (κ3) is 4.02. The Morgan fingerprint density at radius 1 is 1.40 bits per heavy atom. The maximum Gasteiger partial charge on any atom is 0.245 e. The van der Waals surface area contributed by atoms with Gasteiger partial charge in [0.2, 0.25) is 10.0 Å². The monoisotopic (exact) mass is 302 g/mol. The molecule has 1 aromatic rings. The lowest BCUT2D eigenvalue weighted by Gasteiger charge is -2.26. The van der Waals surface area contributed by atoms with Crippen LogP contribution >= 0.6 is 0 Å². The second kappa shape index (κ2) is 7.16. The summed E-state index contributed by atoms with van der Waals surface area (Å²) in [4.78, 5) is 2.57. The molecule has 2 rings (SSSR count). The Morgan fingerprint density at radius 2 is 2.15 bits per heavy atom. The fraction of sp³-hybridized carbons (Fsp3) is 0.750. The molecule has 1 aliphatic heterocycles. The molecule has 0 atom stereocenters. The van der Waals surface area contributed by atoms with Gasteiger partial charge in [0.15, 0.2) is 0 Å². The van der Waals surface area contributed by atoms with Crippen LogP contribution in [0.3, 0.4) is 0 Å². The SMILES string of the molecule is CN(CCCCN1CCOCC1)S(=O)(=O)c1cn[nH]c1. The van der Waals surface area contributed by atoms with Gasteiger partial charge in [-0.2, -0.15) is 5.10 Å². The minimum Gasteiger partial charge on any atom is -0.379 e. The lowest BCUT2D eigenvalue weighted by molar-refractivity contribution is 0.0371. The zero-order chi connectivity index (χ0) is 14.4. The molecule has 0 radical (unpaired) electrons. The smallest absolute Gasteiger partial charge is 0.245 e. The van der Waals surface area contributed by atoms with E-state index in [-0.39, 0.29) is 4.90 Å². The fourth-order valence-electron chi connectivity index (χ4n) is 2.17. The molecule has 114 valence electrons. The van der Waals surface area contributed by atoms with Crippen molar-refractivity contribution in [3.8, 4) is 0 Å². The summed E-state index contributed by atoms with van der Waals surface area (Å²) in [6.07, 6.45) is 4.58. The van der Waals surface area contributed by atoms with Gasteiger partial charge >= 0.3 is 0 Å². The maximum atomic E-state index is 12.1. The van der Waals surface area contributed by atoms with Crippen molar-refractivity contribution in [1.29, 1.82) is 0 Å². The Balaban J connectivity index is 1.71. The molecular formula is C12H22N4O3S. The topological polar surface area (TPSA) is 78.5 Å². The lowest BCUT2D eigenvalue weighted by Crippen LogP contribution is -2.37. The van der Waals surface area contributed by atoms with E-state index in [4.69, 9.17) is 4.74 Å². The molecule has 7 nitrogen and oxygen atoms in total. The van der Waals surface area contributed by atoms with Gasteiger partial charge < -0.3 is 4.74 Å². The van der Waals surface area contributed by atoms with E-state index in [1.807, 2.05) is 0 Å². The van der Waals surface area contributed by atoms with Crippen LogP contribution < -0.4 is 0 Å². The molecule has 0 aliphatic carbocycles. The zero-order valence-corrected chi connectivity index (χ0v) is 12.6. The molecule has 8 heteroatoms. The van der Waals surface area contributed by atoms with E-state index in [1.54, 1.807) is 7.05 Å². The van der Waals surface area contributed by atoms with Gasteiger partial charge in [0.1, 0.15) is 4.90 Å². The van der Waals surface area contributed by atoms with E-state index >= 15 is 0 Å². The van der Waals surface area contributed by atoms with Crippen LogP contribution in [0.2, 0.25) is 0 Å². The molecule has 0 aromatic carbocycles. The van der Waals surface area contributed by atoms with Crippen molar-refractivity contribution in [2.45, 2.75) is 17.7 Å². The molecule has 1 aromatic heterocycles. The molecule has 0 unspecified atom stereocenters.